The largest absolute Gasteiger partial charge is 0.374 e. The van der Waals surface area contributed by atoms with E-state index in [1.165, 1.54) is 11.3 Å². The van der Waals surface area contributed by atoms with Gasteiger partial charge in [-0.1, -0.05) is 0 Å². The highest BCUT2D eigenvalue weighted by molar-refractivity contribution is 7.09. The molecule has 2 aliphatic heterocycles. The first-order valence-corrected chi connectivity index (χ1v) is 9.44. The first-order valence-electron chi connectivity index (χ1n) is 8.56. The van der Waals surface area contributed by atoms with Crippen LogP contribution in [0.4, 0.5) is 0 Å². The minimum Gasteiger partial charge on any atom is -0.374 e. The van der Waals surface area contributed by atoms with Crippen LogP contribution in [0.15, 0.2) is 30.0 Å². The van der Waals surface area contributed by atoms with Crippen molar-refractivity contribution in [1.29, 1.82) is 0 Å². The fraction of sp³-hybridized carbons (Fsp3) is 0.556. The number of nitrogens with zero attached hydrogens (tertiary/aromatic N) is 3. The van der Waals surface area contributed by atoms with Crippen LogP contribution in [0, 0.1) is 6.92 Å². The number of aryl methyl sites for hydroxylation is 1. The number of aromatic nitrogens is 2. The Labute approximate surface area is 146 Å². The van der Waals surface area contributed by atoms with E-state index in [9.17, 15) is 0 Å². The van der Waals surface area contributed by atoms with E-state index in [2.05, 4.69) is 21.8 Å². The van der Waals surface area contributed by atoms with Gasteiger partial charge in [-0.05, 0) is 37.5 Å². The quantitative estimate of drug-likeness (QED) is 0.834. The van der Waals surface area contributed by atoms with E-state index in [0.29, 0.717) is 12.6 Å². The van der Waals surface area contributed by atoms with Gasteiger partial charge in [0.05, 0.1) is 23.9 Å². The Balaban J connectivity index is 1.44. The molecule has 2 fully saturated rings. The van der Waals surface area contributed by atoms with Gasteiger partial charge in [-0.3, -0.25) is 9.88 Å². The SMILES string of the molecule is Cc1ncsc1CN1C[C@H](OCc2ccncc2)[C@H]2OCCC[C@H]21. The normalized spacial score (nSPS) is 27.3. The molecule has 0 unspecified atom stereocenters. The molecule has 4 heterocycles. The van der Waals surface area contributed by atoms with Gasteiger partial charge in [-0.15, -0.1) is 11.3 Å². The second-order valence-electron chi connectivity index (χ2n) is 6.54. The van der Waals surface area contributed by atoms with E-state index in [0.717, 1.165) is 37.4 Å². The highest BCUT2D eigenvalue weighted by Crippen LogP contribution is 2.33. The zero-order chi connectivity index (χ0) is 16.4. The molecular weight excluding hydrogens is 322 g/mol. The standard InChI is InChI=1S/C18H23N3O2S/c1-13-17(24-12-20-13)10-21-9-16(18-15(21)3-2-8-22-18)23-11-14-4-6-19-7-5-14/h4-7,12,15-16,18H,2-3,8-11H2,1H3/t15-,16+,18+/m1/s1. The number of hydrogen-bond donors (Lipinski definition) is 0. The van der Waals surface area contributed by atoms with Crippen molar-refractivity contribution in [2.45, 2.75) is 51.2 Å². The van der Waals surface area contributed by atoms with Crippen LogP contribution in [0.5, 0.6) is 0 Å². The molecule has 128 valence electrons. The molecule has 4 rings (SSSR count). The molecule has 0 spiro atoms. The summed E-state index contributed by atoms with van der Waals surface area (Å²) in [5.41, 5.74) is 4.25. The second-order valence-corrected chi connectivity index (χ2v) is 7.48. The van der Waals surface area contributed by atoms with Gasteiger partial charge in [0.1, 0.15) is 6.10 Å². The molecule has 0 aromatic carbocycles. The lowest BCUT2D eigenvalue weighted by atomic mass is 10.0. The Morgan fingerprint density at radius 2 is 2.25 bits per heavy atom. The van der Waals surface area contributed by atoms with Gasteiger partial charge in [-0.25, -0.2) is 4.98 Å². The van der Waals surface area contributed by atoms with Crippen molar-refractivity contribution < 1.29 is 9.47 Å². The fourth-order valence-electron chi connectivity index (χ4n) is 3.68. The summed E-state index contributed by atoms with van der Waals surface area (Å²) in [6.07, 6.45) is 6.28. The van der Waals surface area contributed by atoms with Gasteiger partial charge in [0.25, 0.3) is 0 Å². The topological polar surface area (TPSA) is 47.5 Å². The summed E-state index contributed by atoms with van der Waals surface area (Å²) in [7, 11) is 0. The summed E-state index contributed by atoms with van der Waals surface area (Å²) < 4.78 is 12.3. The summed E-state index contributed by atoms with van der Waals surface area (Å²) in [5.74, 6) is 0. The van der Waals surface area contributed by atoms with Crippen LogP contribution < -0.4 is 0 Å². The molecule has 2 aliphatic rings. The lowest BCUT2D eigenvalue weighted by Gasteiger charge is -2.32. The highest BCUT2D eigenvalue weighted by Gasteiger charge is 2.44. The number of ether oxygens (including phenoxy) is 2. The summed E-state index contributed by atoms with van der Waals surface area (Å²) in [6, 6.07) is 4.47. The monoisotopic (exact) mass is 345 g/mol. The third-order valence-corrected chi connectivity index (χ3v) is 5.91. The summed E-state index contributed by atoms with van der Waals surface area (Å²) in [4.78, 5) is 12.3. The predicted molar refractivity (Wildman–Crippen MR) is 92.8 cm³/mol. The van der Waals surface area contributed by atoms with Gasteiger partial charge in [0.15, 0.2) is 0 Å². The Kier molecular flexibility index (Phi) is 4.89. The Morgan fingerprint density at radius 3 is 3.04 bits per heavy atom. The number of pyridine rings is 1. The highest BCUT2D eigenvalue weighted by atomic mass is 32.1. The van der Waals surface area contributed by atoms with Crippen LogP contribution in [0.2, 0.25) is 0 Å². The Hall–Kier alpha value is -1.34. The van der Waals surface area contributed by atoms with Crippen molar-refractivity contribution in [2.24, 2.45) is 0 Å². The molecule has 24 heavy (non-hydrogen) atoms. The van der Waals surface area contributed by atoms with E-state index < -0.39 is 0 Å². The number of rotatable bonds is 5. The minimum absolute atomic E-state index is 0.136. The van der Waals surface area contributed by atoms with Crippen molar-refractivity contribution in [1.82, 2.24) is 14.9 Å². The molecule has 0 aliphatic carbocycles. The van der Waals surface area contributed by atoms with E-state index in [4.69, 9.17) is 9.47 Å². The molecular formula is C18H23N3O2S. The van der Waals surface area contributed by atoms with Crippen molar-refractivity contribution in [3.05, 3.63) is 46.2 Å². The first kappa shape index (κ1) is 16.1. The smallest absolute Gasteiger partial charge is 0.100 e. The first-order chi connectivity index (χ1) is 11.8. The molecule has 3 atom stereocenters. The maximum Gasteiger partial charge on any atom is 0.100 e. The lowest BCUT2D eigenvalue weighted by molar-refractivity contribution is -0.0819. The van der Waals surface area contributed by atoms with Gasteiger partial charge in [0, 0.05) is 43.0 Å². The molecule has 5 nitrogen and oxygen atoms in total. The molecule has 2 aromatic heterocycles. The maximum absolute atomic E-state index is 6.23. The van der Waals surface area contributed by atoms with Crippen LogP contribution in [-0.2, 0) is 22.6 Å². The van der Waals surface area contributed by atoms with Crippen LogP contribution in [0.3, 0.4) is 0 Å². The van der Waals surface area contributed by atoms with Gasteiger partial charge in [-0.2, -0.15) is 0 Å². The fourth-order valence-corrected chi connectivity index (χ4v) is 4.48. The second kappa shape index (κ2) is 7.27. The average Bonchev–Trinajstić information content (AvgIpc) is 3.19. The molecule has 0 radical (unpaired) electrons. The van der Waals surface area contributed by atoms with E-state index in [-0.39, 0.29) is 12.2 Å². The molecule has 0 N–H and O–H groups in total. The average molecular weight is 345 g/mol. The summed E-state index contributed by atoms with van der Waals surface area (Å²) in [6.45, 7) is 5.44. The number of fused-ring (bicyclic) bond motifs is 1. The summed E-state index contributed by atoms with van der Waals surface area (Å²) in [5, 5.41) is 0. The van der Waals surface area contributed by atoms with E-state index in [1.54, 1.807) is 11.3 Å². The molecule has 0 amide bonds. The van der Waals surface area contributed by atoms with Crippen molar-refractivity contribution in [3.8, 4) is 0 Å². The van der Waals surface area contributed by atoms with Crippen LogP contribution in [0.25, 0.3) is 0 Å². The third-order valence-electron chi connectivity index (χ3n) is 4.99. The van der Waals surface area contributed by atoms with E-state index in [1.807, 2.05) is 30.0 Å². The van der Waals surface area contributed by atoms with E-state index >= 15 is 0 Å². The number of thiazole rings is 1. The third kappa shape index (κ3) is 3.37. The summed E-state index contributed by atoms with van der Waals surface area (Å²) >= 11 is 1.75. The lowest BCUT2D eigenvalue weighted by Crippen LogP contribution is -2.41. The Morgan fingerprint density at radius 1 is 1.38 bits per heavy atom. The van der Waals surface area contributed by atoms with Gasteiger partial charge in [0.2, 0.25) is 0 Å². The van der Waals surface area contributed by atoms with Gasteiger partial charge >= 0.3 is 0 Å². The van der Waals surface area contributed by atoms with Crippen LogP contribution in [-0.4, -0.2) is 46.3 Å². The zero-order valence-electron chi connectivity index (χ0n) is 13.9. The van der Waals surface area contributed by atoms with Crippen LogP contribution in [0.1, 0.15) is 29.0 Å². The zero-order valence-corrected chi connectivity index (χ0v) is 14.7. The van der Waals surface area contributed by atoms with Crippen molar-refractivity contribution >= 4 is 11.3 Å². The number of likely N-dealkylation sites (tertiary alicyclic amines) is 1. The minimum atomic E-state index is 0.136. The molecule has 6 heteroatoms. The van der Waals surface area contributed by atoms with Crippen LogP contribution >= 0.6 is 11.3 Å². The molecule has 0 bridgehead atoms. The molecule has 0 saturated carbocycles. The number of hydrogen-bond acceptors (Lipinski definition) is 6. The van der Waals surface area contributed by atoms with Gasteiger partial charge < -0.3 is 9.47 Å². The molecule has 2 aromatic rings. The maximum atomic E-state index is 6.23. The molecule has 2 saturated heterocycles. The Bertz CT molecular complexity index is 663. The van der Waals surface area contributed by atoms with Crippen molar-refractivity contribution in [3.63, 3.8) is 0 Å². The predicted octanol–water partition coefficient (Wildman–Crippen LogP) is 2.80. The van der Waals surface area contributed by atoms with Crippen molar-refractivity contribution in [2.75, 3.05) is 13.2 Å².